The molecule has 0 aromatic heterocycles. The number of hydrogen-bond donors (Lipinski definition) is 0. The standard InChI is InChI=1S/C18H23BrN2O2/c1-20(2)16(22)13-6-10-21(11-7-13)17(23)18(8-9-18)14-4-3-5-15(19)12-14/h3-5,12-13H,6-11H2,1-2H3. The fourth-order valence-corrected chi connectivity index (χ4v) is 3.93. The van der Waals surface area contributed by atoms with Crippen molar-refractivity contribution >= 4 is 27.7 Å². The highest BCUT2D eigenvalue weighted by atomic mass is 79.9. The van der Waals surface area contributed by atoms with Crippen LogP contribution in [0.3, 0.4) is 0 Å². The first-order chi connectivity index (χ1) is 10.9. The van der Waals surface area contributed by atoms with E-state index in [1.807, 2.05) is 17.0 Å². The van der Waals surface area contributed by atoms with Gasteiger partial charge in [0.2, 0.25) is 11.8 Å². The first-order valence-corrected chi connectivity index (χ1v) is 9.00. The lowest BCUT2D eigenvalue weighted by Gasteiger charge is -2.34. The van der Waals surface area contributed by atoms with E-state index in [0.29, 0.717) is 13.1 Å². The van der Waals surface area contributed by atoms with Crippen LogP contribution in [0.25, 0.3) is 0 Å². The summed E-state index contributed by atoms with van der Waals surface area (Å²) in [6, 6.07) is 8.10. The molecule has 1 heterocycles. The van der Waals surface area contributed by atoms with Crippen LogP contribution in [0.15, 0.2) is 28.7 Å². The number of benzene rings is 1. The van der Waals surface area contributed by atoms with Crippen molar-refractivity contribution in [3.05, 3.63) is 34.3 Å². The summed E-state index contributed by atoms with van der Waals surface area (Å²) in [5.74, 6) is 0.492. The molecule has 2 aliphatic rings. The molecule has 1 saturated heterocycles. The Balaban J connectivity index is 1.67. The summed E-state index contributed by atoms with van der Waals surface area (Å²) in [7, 11) is 3.60. The Hall–Kier alpha value is -1.36. The van der Waals surface area contributed by atoms with Gasteiger partial charge < -0.3 is 9.80 Å². The minimum absolute atomic E-state index is 0.0649. The molecule has 2 fully saturated rings. The number of piperidine rings is 1. The lowest BCUT2D eigenvalue weighted by atomic mass is 9.91. The summed E-state index contributed by atoms with van der Waals surface area (Å²) in [5, 5.41) is 0. The van der Waals surface area contributed by atoms with Gasteiger partial charge in [0.1, 0.15) is 0 Å². The van der Waals surface area contributed by atoms with Gasteiger partial charge in [0.05, 0.1) is 5.41 Å². The summed E-state index contributed by atoms with van der Waals surface area (Å²) >= 11 is 3.50. The zero-order chi connectivity index (χ0) is 16.6. The molecule has 4 nitrogen and oxygen atoms in total. The lowest BCUT2D eigenvalue weighted by Crippen LogP contribution is -2.46. The molecule has 3 rings (SSSR count). The molecule has 23 heavy (non-hydrogen) atoms. The topological polar surface area (TPSA) is 40.6 Å². The summed E-state index contributed by atoms with van der Waals surface area (Å²) in [5.41, 5.74) is 0.797. The van der Waals surface area contributed by atoms with E-state index in [1.165, 1.54) is 0 Å². The summed E-state index contributed by atoms with van der Waals surface area (Å²) in [6.07, 6.45) is 3.41. The van der Waals surface area contributed by atoms with Crippen molar-refractivity contribution in [3.8, 4) is 0 Å². The van der Waals surface area contributed by atoms with E-state index in [4.69, 9.17) is 0 Å². The minimum Gasteiger partial charge on any atom is -0.349 e. The van der Waals surface area contributed by atoms with Gasteiger partial charge in [-0.3, -0.25) is 9.59 Å². The van der Waals surface area contributed by atoms with Gasteiger partial charge in [-0.25, -0.2) is 0 Å². The van der Waals surface area contributed by atoms with Crippen LogP contribution in [0, 0.1) is 5.92 Å². The van der Waals surface area contributed by atoms with Crippen LogP contribution in [-0.2, 0) is 15.0 Å². The van der Waals surface area contributed by atoms with Crippen molar-refractivity contribution in [3.63, 3.8) is 0 Å². The highest BCUT2D eigenvalue weighted by molar-refractivity contribution is 9.10. The van der Waals surface area contributed by atoms with Gasteiger partial charge >= 0.3 is 0 Å². The van der Waals surface area contributed by atoms with E-state index in [-0.39, 0.29) is 23.1 Å². The van der Waals surface area contributed by atoms with Crippen LogP contribution in [0.4, 0.5) is 0 Å². The Morgan fingerprint density at radius 2 is 1.87 bits per heavy atom. The molecule has 1 saturated carbocycles. The molecule has 0 bridgehead atoms. The second kappa shape index (κ2) is 6.27. The Kier molecular flexibility index (Phi) is 4.50. The smallest absolute Gasteiger partial charge is 0.233 e. The highest BCUT2D eigenvalue weighted by Gasteiger charge is 2.53. The van der Waals surface area contributed by atoms with Crippen LogP contribution >= 0.6 is 15.9 Å². The maximum Gasteiger partial charge on any atom is 0.233 e. The van der Waals surface area contributed by atoms with Gasteiger partial charge in [-0.15, -0.1) is 0 Å². The van der Waals surface area contributed by atoms with Crippen molar-refractivity contribution in [2.45, 2.75) is 31.1 Å². The Labute approximate surface area is 146 Å². The van der Waals surface area contributed by atoms with E-state index in [0.717, 1.165) is 35.7 Å². The Morgan fingerprint density at radius 1 is 1.22 bits per heavy atom. The zero-order valence-corrected chi connectivity index (χ0v) is 15.3. The lowest BCUT2D eigenvalue weighted by molar-refractivity contribution is -0.140. The molecule has 5 heteroatoms. The average molecular weight is 379 g/mol. The van der Waals surface area contributed by atoms with Crippen LogP contribution in [-0.4, -0.2) is 48.8 Å². The molecule has 0 radical (unpaired) electrons. The first-order valence-electron chi connectivity index (χ1n) is 8.20. The molecule has 0 N–H and O–H groups in total. The molecular formula is C18H23BrN2O2. The van der Waals surface area contributed by atoms with Crippen LogP contribution < -0.4 is 0 Å². The predicted molar refractivity (Wildman–Crippen MR) is 93.1 cm³/mol. The monoisotopic (exact) mass is 378 g/mol. The molecule has 1 aliphatic heterocycles. The fourth-order valence-electron chi connectivity index (χ4n) is 3.53. The van der Waals surface area contributed by atoms with Crippen molar-refractivity contribution in [1.82, 2.24) is 9.80 Å². The third-order valence-corrected chi connectivity index (χ3v) is 5.60. The van der Waals surface area contributed by atoms with Crippen LogP contribution in [0.1, 0.15) is 31.2 Å². The fraction of sp³-hybridized carbons (Fsp3) is 0.556. The molecule has 1 aromatic carbocycles. The summed E-state index contributed by atoms with van der Waals surface area (Å²) in [6.45, 7) is 1.39. The van der Waals surface area contributed by atoms with Crippen molar-refractivity contribution in [2.75, 3.05) is 27.2 Å². The number of halogens is 1. The Bertz CT molecular complexity index is 617. The van der Waals surface area contributed by atoms with Gasteiger partial charge in [-0.05, 0) is 43.4 Å². The Morgan fingerprint density at radius 3 is 2.39 bits per heavy atom. The minimum atomic E-state index is -0.317. The number of nitrogens with zero attached hydrogens (tertiary/aromatic N) is 2. The maximum absolute atomic E-state index is 13.0. The van der Waals surface area contributed by atoms with E-state index >= 15 is 0 Å². The van der Waals surface area contributed by atoms with E-state index in [1.54, 1.807) is 19.0 Å². The first kappa shape index (κ1) is 16.5. The van der Waals surface area contributed by atoms with Crippen molar-refractivity contribution < 1.29 is 9.59 Å². The highest BCUT2D eigenvalue weighted by Crippen LogP contribution is 2.50. The van der Waals surface area contributed by atoms with Gasteiger partial charge in [0.25, 0.3) is 0 Å². The van der Waals surface area contributed by atoms with Gasteiger partial charge in [-0.2, -0.15) is 0 Å². The molecule has 2 amide bonds. The maximum atomic E-state index is 13.0. The van der Waals surface area contributed by atoms with E-state index in [9.17, 15) is 9.59 Å². The molecule has 1 aromatic rings. The quantitative estimate of drug-likeness (QED) is 0.811. The number of hydrogen-bond acceptors (Lipinski definition) is 2. The normalized spacial score (nSPS) is 20.2. The number of likely N-dealkylation sites (tertiary alicyclic amines) is 1. The van der Waals surface area contributed by atoms with Crippen molar-refractivity contribution in [2.24, 2.45) is 5.92 Å². The van der Waals surface area contributed by atoms with E-state index < -0.39 is 0 Å². The largest absolute Gasteiger partial charge is 0.349 e. The third-order valence-electron chi connectivity index (χ3n) is 5.11. The number of amides is 2. The van der Waals surface area contributed by atoms with Crippen LogP contribution in [0.5, 0.6) is 0 Å². The SMILES string of the molecule is CN(C)C(=O)C1CCN(C(=O)C2(c3cccc(Br)c3)CC2)CC1. The van der Waals surface area contributed by atoms with Crippen LogP contribution in [0.2, 0.25) is 0 Å². The number of rotatable bonds is 3. The number of carbonyl (C=O) groups excluding carboxylic acids is 2. The molecule has 0 spiro atoms. The third kappa shape index (κ3) is 3.16. The molecule has 1 aliphatic carbocycles. The molecule has 0 atom stereocenters. The summed E-state index contributed by atoms with van der Waals surface area (Å²) < 4.78 is 1.02. The van der Waals surface area contributed by atoms with Gasteiger partial charge in [-0.1, -0.05) is 28.1 Å². The molecule has 124 valence electrons. The average Bonchev–Trinajstić information content (AvgIpc) is 3.35. The van der Waals surface area contributed by atoms with Gasteiger partial charge in [0, 0.05) is 37.6 Å². The second-order valence-electron chi connectivity index (χ2n) is 6.89. The summed E-state index contributed by atoms with van der Waals surface area (Å²) in [4.78, 5) is 28.7. The molecular weight excluding hydrogens is 356 g/mol. The van der Waals surface area contributed by atoms with Crippen molar-refractivity contribution in [1.29, 1.82) is 0 Å². The second-order valence-corrected chi connectivity index (χ2v) is 7.81. The van der Waals surface area contributed by atoms with Gasteiger partial charge in [0.15, 0.2) is 0 Å². The predicted octanol–water partition coefficient (Wildman–Crippen LogP) is 2.81. The van der Waals surface area contributed by atoms with E-state index in [2.05, 4.69) is 28.1 Å². The number of carbonyl (C=O) groups is 2. The zero-order valence-electron chi connectivity index (χ0n) is 13.7. The molecule has 0 unspecified atom stereocenters.